The van der Waals surface area contributed by atoms with Gasteiger partial charge in [0.25, 0.3) is 0 Å². The van der Waals surface area contributed by atoms with Gasteiger partial charge in [-0.3, -0.25) is 4.79 Å². The van der Waals surface area contributed by atoms with Gasteiger partial charge in [0, 0.05) is 24.1 Å². The average molecular weight is 257 g/mol. The van der Waals surface area contributed by atoms with Gasteiger partial charge in [-0.15, -0.1) is 5.10 Å². The van der Waals surface area contributed by atoms with E-state index in [-0.39, 0.29) is 12.5 Å². The van der Waals surface area contributed by atoms with Crippen LogP contribution < -0.4 is 10.6 Å². The first-order valence-electron chi connectivity index (χ1n) is 6.27. The fourth-order valence-corrected chi connectivity index (χ4v) is 2.45. The third-order valence-corrected chi connectivity index (χ3v) is 3.36. The van der Waals surface area contributed by atoms with Gasteiger partial charge in [-0.25, -0.2) is 4.68 Å². The SMILES string of the molecule is Nc1cccc2c1CCCN2C(=O)Cn1ccnn1. The number of anilines is 2. The van der Waals surface area contributed by atoms with Crippen molar-refractivity contribution in [1.29, 1.82) is 0 Å². The molecule has 1 aliphatic heterocycles. The molecule has 6 nitrogen and oxygen atoms in total. The maximum absolute atomic E-state index is 12.3. The van der Waals surface area contributed by atoms with Crippen molar-refractivity contribution < 1.29 is 4.79 Å². The molecule has 0 saturated heterocycles. The summed E-state index contributed by atoms with van der Waals surface area (Å²) >= 11 is 0. The summed E-state index contributed by atoms with van der Waals surface area (Å²) in [6.45, 7) is 0.929. The molecule has 3 rings (SSSR count). The molecule has 0 radical (unpaired) electrons. The summed E-state index contributed by atoms with van der Waals surface area (Å²) in [6, 6.07) is 5.71. The van der Waals surface area contributed by atoms with Crippen molar-refractivity contribution in [3.8, 4) is 0 Å². The van der Waals surface area contributed by atoms with Crippen molar-refractivity contribution in [2.24, 2.45) is 0 Å². The molecule has 0 unspecified atom stereocenters. The Balaban J connectivity index is 1.87. The number of hydrogen-bond acceptors (Lipinski definition) is 4. The summed E-state index contributed by atoms with van der Waals surface area (Å²) in [7, 11) is 0. The zero-order valence-electron chi connectivity index (χ0n) is 10.5. The minimum Gasteiger partial charge on any atom is -0.398 e. The van der Waals surface area contributed by atoms with Crippen LogP contribution in [0.15, 0.2) is 30.6 Å². The van der Waals surface area contributed by atoms with Crippen LogP contribution in [0.2, 0.25) is 0 Å². The number of carbonyl (C=O) groups is 1. The first-order chi connectivity index (χ1) is 9.25. The third-order valence-electron chi connectivity index (χ3n) is 3.36. The Labute approximate surface area is 110 Å². The van der Waals surface area contributed by atoms with Gasteiger partial charge in [0.1, 0.15) is 6.54 Å². The van der Waals surface area contributed by atoms with E-state index >= 15 is 0 Å². The second-order valence-corrected chi connectivity index (χ2v) is 4.59. The van der Waals surface area contributed by atoms with Crippen LogP contribution >= 0.6 is 0 Å². The minimum atomic E-state index is 0.0112. The Morgan fingerprint density at radius 2 is 2.32 bits per heavy atom. The van der Waals surface area contributed by atoms with Crippen LogP contribution in [0.25, 0.3) is 0 Å². The van der Waals surface area contributed by atoms with E-state index in [1.54, 1.807) is 17.3 Å². The van der Waals surface area contributed by atoms with E-state index in [9.17, 15) is 4.79 Å². The standard InChI is InChI=1S/C13H15N5O/c14-11-4-1-5-12-10(11)3-2-7-18(12)13(19)9-17-8-6-15-16-17/h1,4-6,8H,2-3,7,9,14H2. The van der Waals surface area contributed by atoms with Crippen LogP contribution in [-0.2, 0) is 17.8 Å². The number of fused-ring (bicyclic) bond motifs is 1. The first kappa shape index (κ1) is 11.7. The van der Waals surface area contributed by atoms with E-state index in [0.29, 0.717) is 0 Å². The fourth-order valence-electron chi connectivity index (χ4n) is 2.45. The van der Waals surface area contributed by atoms with Crippen molar-refractivity contribution in [1.82, 2.24) is 15.0 Å². The Bertz CT molecular complexity index is 593. The Kier molecular flexibility index (Phi) is 2.91. The zero-order valence-corrected chi connectivity index (χ0v) is 10.5. The molecule has 0 aliphatic carbocycles. The zero-order chi connectivity index (χ0) is 13.2. The van der Waals surface area contributed by atoms with Gasteiger partial charge in [-0.05, 0) is 30.5 Å². The third kappa shape index (κ3) is 2.16. The van der Waals surface area contributed by atoms with Gasteiger partial charge in [0.2, 0.25) is 5.91 Å². The molecule has 2 aromatic rings. The van der Waals surface area contributed by atoms with Crippen LogP contribution in [0.4, 0.5) is 11.4 Å². The average Bonchev–Trinajstić information content (AvgIpc) is 2.91. The maximum Gasteiger partial charge on any atom is 0.248 e. The molecule has 0 atom stereocenters. The predicted octanol–water partition coefficient (Wildman–Crippen LogP) is 0.840. The van der Waals surface area contributed by atoms with Crippen molar-refractivity contribution >= 4 is 17.3 Å². The quantitative estimate of drug-likeness (QED) is 0.809. The molecule has 98 valence electrons. The number of aromatic nitrogens is 3. The Hall–Kier alpha value is -2.37. The van der Waals surface area contributed by atoms with E-state index in [0.717, 1.165) is 36.3 Å². The fraction of sp³-hybridized carbons (Fsp3) is 0.308. The van der Waals surface area contributed by atoms with Crippen LogP contribution in [-0.4, -0.2) is 27.4 Å². The lowest BCUT2D eigenvalue weighted by molar-refractivity contribution is -0.119. The highest BCUT2D eigenvalue weighted by atomic mass is 16.2. The van der Waals surface area contributed by atoms with Crippen LogP contribution in [0.3, 0.4) is 0 Å². The highest BCUT2D eigenvalue weighted by Gasteiger charge is 2.23. The van der Waals surface area contributed by atoms with Crippen LogP contribution in [0.5, 0.6) is 0 Å². The number of amides is 1. The van der Waals surface area contributed by atoms with E-state index in [2.05, 4.69) is 10.3 Å². The van der Waals surface area contributed by atoms with Crippen molar-refractivity contribution in [2.45, 2.75) is 19.4 Å². The summed E-state index contributed by atoms with van der Waals surface area (Å²) < 4.78 is 1.53. The molecule has 6 heteroatoms. The highest BCUT2D eigenvalue weighted by Crippen LogP contribution is 2.31. The summed E-state index contributed by atoms with van der Waals surface area (Å²) in [5.41, 5.74) is 8.73. The largest absolute Gasteiger partial charge is 0.398 e. The second-order valence-electron chi connectivity index (χ2n) is 4.59. The molecule has 2 heterocycles. The normalized spacial score (nSPS) is 14.2. The molecule has 1 aliphatic rings. The van der Waals surface area contributed by atoms with Crippen molar-refractivity contribution in [3.05, 3.63) is 36.2 Å². The van der Waals surface area contributed by atoms with Gasteiger partial charge in [-0.1, -0.05) is 11.3 Å². The number of carbonyl (C=O) groups excluding carboxylic acids is 1. The van der Waals surface area contributed by atoms with Crippen LogP contribution in [0, 0.1) is 0 Å². The molecule has 0 saturated carbocycles. The monoisotopic (exact) mass is 257 g/mol. The number of nitrogen functional groups attached to an aromatic ring is 1. The molecule has 19 heavy (non-hydrogen) atoms. The minimum absolute atomic E-state index is 0.0112. The summed E-state index contributed by atoms with van der Waals surface area (Å²) in [5, 5.41) is 7.52. The van der Waals surface area contributed by atoms with E-state index in [4.69, 9.17) is 5.73 Å². The molecule has 1 aromatic carbocycles. The number of benzene rings is 1. The lowest BCUT2D eigenvalue weighted by Crippen LogP contribution is -2.38. The molecular formula is C13H15N5O. The second kappa shape index (κ2) is 4.72. The van der Waals surface area contributed by atoms with Crippen LogP contribution in [0.1, 0.15) is 12.0 Å². The maximum atomic E-state index is 12.3. The van der Waals surface area contributed by atoms with Gasteiger partial charge in [0.15, 0.2) is 0 Å². The molecular weight excluding hydrogens is 242 g/mol. The molecule has 0 fully saturated rings. The molecule has 2 N–H and O–H groups in total. The molecule has 0 bridgehead atoms. The molecule has 1 amide bonds. The molecule has 1 aromatic heterocycles. The lowest BCUT2D eigenvalue weighted by atomic mass is 10.00. The van der Waals surface area contributed by atoms with E-state index in [1.165, 1.54) is 4.68 Å². The highest BCUT2D eigenvalue weighted by molar-refractivity contribution is 5.95. The topological polar surface area (TPSA) is 77.0 Å². The summed E-state index contributed by atoms with van der Waals surface area (Å²) in [4.78, 5) is 14.1. The van der Waals surface area contributed by atoms with Gasteiger partial charge < -0.3 is 10.6 Å². The van der Waals surface area contributed by atoms with Crippen molar-refractivity contribution in [2.75, 3.05) is 17.2 Å². The summed E-state index contributed by atoms with van der Waals surface area (Å²) in [6.07, 6.45) is 5.11. The first-order valence-corrected chi connectivity index (χ1v) is 6.27. The lowest BCUT2D eigenvalue weighted by Gasteiger charge is -2.30. The Morgan fingerprint density at radius 3 is 3.11 bits per heavy atom. The number of hydrogen-bond donors (Lipinski definition) is 1. The number of rotatable bonds is 2. The Morgan fingerprint density at radius 1 is 1.42 bits per heavy atom. The van der Waals surface area contributed by atoms with E-state index < -0.39 is 0 Å². The van der Waals surface area contributed by atoms with Gasteiger partial charge >= 0.3 is 0 Å². The number of nitrogens with zero attached hydrogens (tertiary/aromatic N) is 4. The van der Waals surface area contributed by atoms with Crippen molar-refractivity contribution in [3.63, 3.8) is 0 Å². The number of nitrogens with two attached hydrogens (primary N) is 1. The smallest absolute Gasteiger partial charge is 0.248 e. The summed E-state index contributed by atoms with van der Waals surface area (Å²) in [5.74, 6) is 0.0112. The molecule has 0 spiro atoms. The van der Waals surface area contributed by atoms with Gasteiger partial charge in [0.05, 0.1) is 6.20 Å². The van der Waals surface area contributed by atoms with Gasteiger partial charge in [-0.2, -0.15) is 0 Å². The van der Waals surface area contributed by atoms with E-state index in [1.807, 2.05) is 18.2 Å². The predicted molar refractivity (Wildman–Crippen MR) is 71.6 cm³/mol.